The van der Waals surface area contributed by atoms with Gasteiger partial charge >= 0.3 is 0 Å². The number of nitrogens with zero attached hydrogens (tertiary/aromatic N) is 1. The average Bonchev–Trinajstić information content (AvgIpc) is 2.82. The quantitative estimate of drug-likeness (QED) is 0.735. The van der Waals surface area contributed by atoms with Gasteiger partial charge in [0.25, 0.3) is 0 Å². The van der Waals surface area contributed by atoms with Gasteiger partial charge in [0.1, 0.15) is 12.4 Å². The summed E-state index contributed by atoms with van der Waals surface area (Å²) in [6.45, 7) is 5.74. The van der Waals surface area contributed by atoms with Gasteiger partial charge in [-0.25, -0.2) is 0 Å². The van der Waals surface area contributed by atoms with Crippen LogP contribution in [0.15, 0.2) is 54.6 Å². The van der Waals surface area contributed by atoms with E-state index in [0.717, 1.165) is 70.3 Å². The van der Waals surface area contributed by atoms with Crippen LogP contribution in [-0.2, 0) is 17.6 Å². The fourth-order valence-electron chi connectivity index (χ4n) is 5.21. The van der Waals surface area contributed by atoms with Crippen molar-refractivity contribution < 1.29 is 9.53 Å². The van der Waals surface area contributed by atoms with Gasteiger partial charge in [0.2, 0.25) is 5.91 Å². The van der Waals surface area contributed by atoms with Gasteiger partial charge in [-0.1, -0.05) is 55.0 Å². The van der Waals surface area contributed by atoms with Crippen molar-refractivity contribution in [3.05, 3.63) is 65.7 Å². The van der Waals surface area contributed by atoms with Crippen LogP contribution in [0, 0.1) is 5.41 Å². The SMILES string of the molecule is C[C@@H]1COc2ccccc2CCCCC2(CCN(CCCc3ccccc3)CC2)C(=O)N1. The van der Waals surface area contributed by atoms with Crippen LogP contribution >= 0.6 is 0 Å². The van der Waals surface area contributed by atoms with Gasteiger partial charge in [-0.2, -0.15) is 0 Å². The van der Waals surface area contributed by atoms with E-state index in [9.17, 15) is 4.79 Å². The van der Waals surface area contributed by atoms with E-state index in [2.05, 4.69) is 59.6 Å². The van der Waals surface area contributed by atoms with Gasteiger partial charge in [0, 0.05) is 0 Å². The van der Waals surface area contributed by atoms with Crippen molar-refractivity contribution in [2.24, 2.45) is 5.41 Å². The monoisotopic (exact) mass is 434 g/mol. The van der Waals surface area contributed by atoms with Crippen molar-refractivity contribution in [1.82, 2.24) is 10.2 Å². The maximum atomic E-state index is 13.4. The minimum absolute atomic E-state index is 0.00996. The molecule has 4 heteroatoms. The number of para-hydroxylation sites is 1. The summed E-state index contributed by atoms with van der Waals surface area (Å²) in [7, 11) is 0. The molecule has 4 rings (SSSR count). The second-order valence-electron chi connectivity index (χ2n) is 9.71. The largest absolute Gasteiger partial charge is 0.491 e. The van der Waals surface area contributed by atoms with E-state index in [0.29, 0.717) is 6.61 Å². The van der Waals surface area contributed by atoms with E-state index < -0.39 is 0 Å². The van der Waals surface area contributed by atoms with Crippen molar-refractivity contribution in [2.75, 3.05) is 26.2 Å². The van der Waals surface area contributed by atoms with Crippen molar-refractivity contribution >= 4 is 5.91 Å². The first-order valence-corrected chi connectivity index (χ1v) is 12.4. The van der Waals surface area contributed by atoms with Gasteiger partial charge in [0.05, 0.1) is 11.5 Å². The molecule has 0 bridgehead atoms. The highest BCUT2D eigenvalue weighted by Crippen LogP contribution is 2.38. The number of aryl methyl sites for hydroxylation is 2. The van der Waals surface area contributed by atoms with Crippen molar-refractivity contribution in [1.29, 1.82) is 0 Å². The molecule has 0 radical (unpaired) electrons. The maximum Gasteiger partial charge on any atom is 0.226 e. The molecule has 2 heterocycles. The molecule has 0 aromatic heterocycles. The number of nitrogens with one attached hydrogen (secondary N) is 1. The second kappa shape index (κ2) is 11.0. The summed E-state index contributed by atoms with van der Waals surface area (Å²) < 4.78 is 6.07. The number of hydrogen-bond acceptors (Lipinski definition) is 3. The molecule has 2 aromatic carbocycles. The van der Waals surface area contributed by atoms with Gasteiger partial charge in [-0.15, -0.1) is 0 Å². The molecule has 1 saturated heterocycles. The van der Waals surface area contributed by atoms with E-state index in [1.54, 1.807) is 0 Å². The summed E-state index contributed by atoms with van der Waals surface area (Å²) in [4.78, 5) is 15.9. The topological polar surface area (TPSA) is 41.6 Å². The number of hydrogen-bond donors (Lipinski definition) is 1. The first-order chi connectivity index (χ1) is 15.6. The molecule has 1 amide bonds. The summed E-state index contributed by atoms with van der Waals surface area (Å²) >= 11 is 0. The standard InChI is InChI=1S/C28H38N2O2/c1-23-22-32-26-15-6-5-13-25(26)14-7-8-16-28(27(31)29-23)17-20-30(21-18-28)19-9-12-24-10-3-2-4-11-24/h2-6,10-11,13,15,23H,7-9,12,14,16-22H2,1H3,(H,29,31)/t23-/m1/s1. The maximum absolute atomic E-state index is 13.4. The molecule has 0 unspecified atom stereocenters. The summed E-state index contributed by atoms with van der Waals surface area (Å²) in [5.41, 5.74) is 2.48. The van der Waals surface area contributed by atoms with Crippen LogP contribution in [0.4, 0.5) is 0 Å². The highest BCUT2D eigenvalue weighted by atomic mass is 16.5. The lowest BCUT2D eigenvalue weighted by Crippen LogP contribution is -2.51. The number of piperidine rings is 1. The molecule has 1 N–H and O–H groups in total. The molecule has 2 aliphatic rings. The summed E-state index contributed by atoms with van der Waals surface area (Å²) in [5, 5.41) is 3.29. The molecular formula is C28H38N2O2. The predicted octanol–water partition coefficient (Wildman–Crippen LogP) is 5.01. The van der Waals surface area contributed by atoms with Crippen LogP contribution in [-0.4, -0.2) is 43.1 Å². The molecule has 0 saturated carbocycles. The minimum atomic E-state index is -0.219. The zero-order chi connectivity index (χ0) is 22.2. The minimum Gasteiger partial charge on any atom is -0.491 e. The lowest BCUT2D eigenvalue weighted by Gasteiger charge is -2.41. The van der Waals surface area contributed by atoms with E-state index in [1.165, 1.54) is 17.5 Å². The zero-order valence-electron chi connectivity index (χ0n) is 19.5. The van der Waals surface area contributed by atoms with Gasteiger partial charge < -0.3 is 15.0 Å². The second-order valence-corrected chi connectivity index (χ2v) is 9.71. The van der Waals surface area contributed by atoms with Gasteiger partial charge in [-0.05, 0) is 88.7 Å². The van der Waals surface area contributed by atoms with E-state index in [1.807, 2.05) is 12.1 Å². The van der Waals surface area contributed by atoms with E-state index >= 15 is 0 Å². The average molecular weight is 435 g/mol. The smallest absolute Gasteiger partial charge is 0.226 e. The third-order valence-corrected chi connectivity index (χ3v) is 7.27. The Bertz CT molecular complexity index is 859. The summed E-state index contributed by atoms with van der Waals surface area (Å²) in [6, 6.07) is 19.1. The number of benzene rings is 2. The third-order valence-electron chi connectivity index (χ3n) is 7.27. The molecule has 2 aliphatic heterocycles. The molecule has 1 atom stereocenters. The van der Waals surface area contributed by atoms with Crippen molar-refractivity contribution in [3.63, 3.8) is 0 Å². The van der Waals surface area contributed by atoms with Crippen LogP contribution in [0.5, 0.6) is 5.75 Å². The van der Waals surface area contributed by atoms with Crippen LogP contribution in [0.2, 0.25) is 0 Å². The molecule has 0 aliphatic carbocycles. The number of rotatable bonds is 4. The van der Waals surface area contributed by atoms with Crippen LogP contribution < -0.4 is 10.1 Å². The zero-order valence-corrected chi connectivity index (χ0v) is 19.5. The Hall–Kier alpha value is -2.33. The van der Waals surface area contributed by atoms with Gasteiger partial charge in [-0.3, -0.25) is 4.79 Å². The number of amides is 1. The molecular weight excluding hydrogens is 396 g/mol. The number of carbonyl (C=O) groups is 1. The Morgan fingerprint density at radius 2 is 1.75 bits per heavy atom. The number of carbonyl (C=O) groups excluding carboxylic acids is 1. The Morgan fingerprint density at radius 3 is 2.56 bits per heavy atom. The summed E-state index contributed by atoms with van der Waals surface area (Å²) in [6.07, 6.45) is 8.44. The Balaban J connectivity index is 1.33. The molecule has 1 fully saturated rings. The number of fused-ring (bicyclic) bond motifs is 1. The first kappa shape index (κ1) is 22.8. The number of ether oxygens (including phenoxy) is 1. The fraction of sp³-hybridized carbons (Fsp3) is 0.536. The molecule has 32 heavy (non-hydrogen) atoms. The highest BCUT2D eigenvalue weighted by molar-refractivity contribution is 5.83. The Kier molecular flexibility index (Phi) is 7.85. The van der Waals surface area contributed by atoms with E-state index in [4.69, 9.17) is 4.74 Å². The van der Waals surface area contributed by atoms with Crippen LogP contribution in [0.25, 0.3) is 0 Å². The van der Waals surface area contributed by atoms with Crippen molar-refractivity contribution in [3.8, 4) is 5.75 Å². The molecule has 2 aromatic rings. The lowest BCUT2D eigenvalue weighted by atomic mass is 9.73. The normalized spacial score (nSPS) is 22.2. The number of likely N-dealkylation sites (tertiary alicyclic amines) is 1. The third kappa shape index (κ3) is 5.92. The first-order valence-electron chi connectivity index (χ1n) is 12.4. The predicted molar refractivity (Wildman–Crippen MR) is 130 cm³/mol. The Labute approximate surface area is 193 Å². The lowest BCUT2D eigenvalue weighted by molar-refractivity contribution is -0.135. The van der Waals surface area contributed by atoms with Gasteiger partial charge in [0.15, 0.2) is 0 Å². The summed E-state index contributed by atoms with van der Waals surface area (Å²) in [5.74, 6) is 1.21. The highest BCUT2D eigenvalue weighted by Gasteiger charge is 2.41. The molecule has 1 spiro atoms. The van der Waals surface area contributed by atoms with Crippen LogP contribution in [0.3, 0.4) is 0 Å². The fourth-order valence-corrected chi connectivity index (χ4v) is 5.21. The van der Waals surface area contributed by atoms with E-state index in [-0.39, 0.29) is 17.4 Å². The van der Waals surface area contributed by atoms with Crippen LogP contribution in [0.1, 0.15) is 56.6 Å². The van der Waals surface area contributed by atoms with Crippen molar-refractivity contribution in [2.45, 2.75) is 64.3 Å². The molecule has 4 nitrogen and oxygen atoms in total. The molecule has 172 valence electrons. The Morgan fingerprint density at radius 1 is 1.00 bits per heavy atom.